The number of aliphatic hydroxyl groups excluding tert-OH is 1. The van der Waals surface area contributed by atoms with Crippen LogP contribution in [0, 0.1) is 0 Å². The monoisotopic (exact) mass is 274 g/mol. The number of azide groups is 1. The van der Waals surface area contributed by atoms with Crippen LogP contribution in [0.5, 0.6) is 0 Å². The van der Waals surface area contributed by atoms with Crippen LogP contribution in [-0.2, 0) is 0 Å². The molecule has 3 unspecified atom stereocenters. The van der Waals surface area contributed by atoms with Gasteiger partial charge in [0.2, 0.25) is 0 Å². The highest BCUT2D eigenvalue weighted by Gasteiger charge is 2.30. The summed E-state index contributed by atoms with van der Waals surface area (Å²) in [5.74, 6) is 0. The second kappa shape index (κ2) is 7.29. The first-order valence-electron chi connectivity index (χ1n) is 7.27. The van der Waals surface area contributed by atoms with E-state index < -0.39 is 6.10 Å². The lowest BCUT2D eigenvalue weighted by Crippen LogP contribution is -2.47. The van der Waals surface area contributed by atoms with Crippen LogP contribution in [0.25, 0.3) is 10.4 Å². The topological polar surface area (TPSA) is 72.2 Å². The largest absolute Gasteiger partial charge is 0.391 e. The van der Waals surface area contributed by atoms with Gasteiger partial charge in [0.1, 0.15) is 0 Å². The van der Waals surface area contributed by atoms with Gasteiger partial charge in [0, 0.05) is 17.5 Å². The van der Waals surface area contributed by atoms with Crippen LogP contribution in [-0.4, -0.2) is 35.2 Å². The molecular formula is C15H22N4O. The summed E-state index contributed by atoms with van der Waals surface area (Å²) in [6.07, 6.45) is 2.33. The lowest BCUT2D eigenvalue weighted by Gasteiger charge is -2.39. The number of piperidine rings is 1. The summed E-state index contributed by atoms with van der Waals surface area (Å²) in [4.78, 5) is 5.13. The van der Waals surface area contributed by atoms with Crippen molar-refractivity contribution in [2.24, 2.45) is 5.11 Å². The number of aliphatic hydroxyl groups is 1. The van der Waals surface area contributed by atoms with E-state index in [0.29, 0.717) is 12.6 Å². The van der Waals surface area contributed by atoms with Gasteiger partial charge < -0.3 is 5.11 Å². The van der Waals surface area contributed by atoms with Gasteiger partial charge in [0.05, 0.1) is 12.1 Å². The zero-order valence-corrected chi connectivity index (χ0v) is 11.9. The molecular weight excluding hydrogens is 252 g/mol. The van der Waals surface area contributed by atoms with Gasteiger partial charge in [-0.15, -0.1) is 0 Å². The predicted molar refractivity (Wildman–Crippen MR) is 79.2 cm³/mol. The van der Waals surface area contributed by atoms with Crippen molar-refractivity contribution in [2.75, 3.05) is 13.1 Å². The zero-order chi connectivity index (χ0) is 14.4. The van der Waals surface area contributed by atoms with Gasteiger partial charge in [-0.25, -0.2) is 0 Å². The number of hydrogen-bond donors (Lipinski definition) is 1. The van der Waals surface area contributed by atoms with Crippen LogP contribution in [0.2, 0.25) is 0 Å². The number of hydrogen-bond acceptors (Lipinski definition) is 3. The fourth-order valence-electron chi connectivity index (χ4n) is 2.94. The number of nitrogens with zero attached hydrogens (tertiary/aromatic N) is 4. The number of β-amino-alcohol motifs (C(OH)–C–C–N with tert-alkyl or cyclic N) is 1. The Kier molecular flexibility index (Phi) is 5.41. The molecule has 0 radical (unpaired) electrons. The number of benzene rings is 1. The molecule has 1 saturated heterocycles. The normalized spacial score (nSPS) is 24.9. The van der Waals surface area contributed by atoms with Gasteiger partial charge in [0.25, 0.3) is 0 Å². The van der Waals surface area contributed by atoms with Crippen LogP contribution in [0.15, 0.2) is 35.4 Å². The molecule has 0 bridgehead atoms. The second-order valence-corrected chi connectivity index (χ2v) is 5.34. The van der Waals surface area contributed by atoms with E-state index in [9.17, 15) is 5.11 Å². The first-order chi connectivity index (χ1) is 9.76. The summed E-state index contributed by atoms with van der Waals surface area (Å²) in [6.45, 7) is 3.61. The van der Waals surface area contributed by atoms with Crippen molar-refractivity contribution in [2.45, 2.75) is 44.4 Å². The van der Waals surface area contributed by atoms with Gasteiger partial charge in [-0.2, -0.15) is 0 Å². The van der Waals surface area contributed by atoms with Gasteiger partial charge in [-0.3, -0.25) is 4.90 Å². The van der Waals surface area contributed by atoms with E-state index in [4.69, 9.17) is 5.53 Å². The summed E-state index contributed by atoms with van der Waals surface area (Å²) in [7, 11) is 0. The molecule has 1 N–H and O–H groups in total. The highest BCUT2D eigenvalue weighted by Crippen LogP contribution is 2.29. The fourth-order valence-corrected chi connectivity index (χ4v) is 2.94. The average molecular weight is 274 g/mol. The predicted octanol–water partition coefficient (Wildman–Crippen LogP) is 3.27. The maximum atomic E-state index is 10.1. The summed E-state index contributed by atoms with van der Waals surface area (Å²) in [6, 6.07) is 10.5. The van der Waals surface area contributed by atoms with E-state index in [1.54, 1.807) is 0 Å². The minimum atomic E-state index is -0.567. The molecule has 2 rings (SSSR count). The van der Waals surface area contributed by atoms with E-state index >= 15 is 0 Å². The van der Waals surface area contributed by atoms with Crippen molar-refractivity contribution < 1.29 is 5.11 Å². The van der Waals surface area contributed by atoms with Crippen LogP contribution in [0.3, 0.4) is 0 Å². The highest BCUT2D eigenvalue weighted by atomic mass is 16.3. The lowest BCUT2D eigenvalue weighted by atomic mass is 9.95. The van der Waals surface area contributed by atoms with E-state index in [2.05, 4.69) is 46.1 Å². The van der Waals surface area contributed by atoms with Gasteiger partial charge in [-0.1, -0.05) is 48.8 Å². The molecule has 1 fully saturated rings. The van der Waals surface area contributed by atoms with Crippen LogP contribution in [0.4, 0.5) is 0 Å². The second-order valence-electron chi connectivity index (χ2n) is 5.34. The molecule has 0 aliphatic carbocycles. The molecule has 1 aliphatic rings. The summed E-state index contributed by atoms with van der Waals surface area (Å²) >= 11 is 0. The number of rotatable bonds is 5. The van der Waals surface area contributed by atoms with Crippen molar-refractivity contribution in [1.82, 2.24) is 4.90 Å². The molecule has 1 aromatic rings. The Hall–Kier alpha value is -1.55. The van der Waals surface area contributed by atoms with Crippen molar-refractivity contribution in [3.05, 3.63) is 46.3 Å². The molecule has 5 heteroatoms. The number of likely N-dealkylation sites (tertiary alicyclic amines) is 1. The molecule has 0 spiro atoms. The Bertz CT molecular complexity index is 458. The maximum absolute atomic E-state index is 10.1. The minimum Gasteiger partial charge on any atom is -0.391 e. The molecule has 5 nitrogen and oxygen atoms in total. The van der Waals surface area contributed by atoms with Crippen LogP contribution in [0.1, 0.15) is 37.8 Å². The molecule has 1 heterocycles. The van der Waals surface area contributed by atoms with Gasteiger partial charge >= 0.3 is 0 Å². The highest BCUT2D eigenvalue weighted by molar-refractivity contribution is 5.19. The van der Waals surface area contributed by atoms with E-state index in [1.807, 2.05) is 6.07 Å². The van der Waals surface area contributed by atoms with Crippen LogP contribution >= 0.6 is 0 Å². The summed E-state index contributed by atoms with van der Waals surface area (Å²) in [5, 5.41) is 13.8. The third-order valence-electron chi connectivity index (χ3n) is 3.96. The van der Waals surface area contributed by atoms with E-state index in [0.717, 1.165) is 25.8 Å². The Morgan fingerprint density at radius 3 is 2.80 bits per heavy atom. The Balaban J connectivity index is 2.10. The van der Waals surface area contributed by atoms with Crippen molar-refractivity contribution in [3.8, 4) is 0 Å². The average Bonchev–Trinajstić information content (AvgIpc) is 2.48. The third-order valence-corrected chi connectivity index (χ3v) is 3.96. The van der Waals surface area contributed by atoms with E-state index in [1.165, 1.54) is 5.56 Å². The molecule has 0 aromatic heterocycles. The lowest BCUT2D eigenvalue weighted by molar-refractivity contribution is 0.0291. The Morgan fingerprint density at radius 1 is 1.45 bits per heavy atom. The SMILES string of the molecule is CCCC(c1ccccc1)N1CCC(N=[N+]=[N-])C(O)C1. The molecule has 1 aromatic carbocycles. The summed E-state index contributed by atoms with van der Waals surface area (Å²) < 4.78 is 0. The minimum absolute atomic E-state index is 0.283. The standard InChI is InChI=1S/C15H22N4O/c1-2-6-14(12-7-4-3-5-8-12)19-10-9-13(17-18-16)15(20)11-19/h3-5,7-8,13-15,20H,2,6,9-11H2,1H3. The molecule has 108 valence electrons. The van der Waals surface area contributed by atoms with Crippen molar-refractivity contribution in [1.29, 1.82) is 0 Å². The first-order valence-corrected chi connectivity index (χ1v) is 7.27. The van der Waals surface area contributed by atoms with Crippen LogP contribution < -0.4 is 0 Å². The maximum Gasteiger partial charge on any atom is 0.0752 e. The quantitative estimate of drug-likeness (QED) is 0.508. The van der Waals surface area contributed by atoms with Gasteiger partial charge in [0.15, 0.2) is 0 Å². The first kappa shape index (κ1) is 14.9. The fraction of sp³-hybridized carbons (Fsp3) is 0.600. The Morgan fingerprint density at radius 2 is 2.20 bits per heavy atom. The Labute approximate surface area is 119 Å². The van der Waals surface area contributed by atoms with Crippen molar-refractivity contribution >= 4 is 0 Å². The molecule has 20 heavy (non-hydrogen) atoms. The van der Waals surface area contributed by atoms with E-state index in [-0.39, 0.29) is 6.04 Å². The van der Waals surface area contributed by atoms with Crippen molar-refractivity contribution in [3.63, 3.8) is 0 Å². The molecule has 1 aliphatic heterocycles. The molecule has 0 saturated carbocycles. The zero-order valence-electron chi connectivity index (χ0n) is 11.9. The third kappa shape index (κ3) is 3.51. The van der Waals surface area contributed by atoms with Gasteiger partial charge in [-0.05, 0) is 30.5 Å². The smallest absolute Gasteiger partial charge is 0.0752 e. The summed E-state index contributed by atoms with van der Waals surface area (Å²) in [5.41, 5.74) is 9.80. The molecule has 3 atom stereocenters. The molecule has 0 amide bonds.